The number of carbonyl (C=O) groups is 1. The van der Waals surface area contributed by atoms with Crippen LogP contribution in [-0.4, -0.2) is 73.1 Å². The Morgan fingerprint density at radius 3 is 2.90 bits per heavy atom. The maximum Gasteiger partial charge on any atom is 0.228 e. The Bertz CT molecular complexity index is 695. The minimum Gasteiger partial charge on any atom is -0.478 e. The van der Waals surface area contributed by atoms with Crippen LogP contribution in [0.4, 0.5) is 0 Å². The highest BCUT2D eigenvalue weighted by Gasteiger charge is 2.51. The smallest absolute Gasteiger partial charge is 0.228 e. The molecule has 0 spiro atoms. The van der Waals surface area contributed by atoms with Gasteiger partial charge in [-0.3, -0.25) is 15.6 Å². The first-order valence-electron chi connectivity index (χ1n) is 11.1. The van der Waals surface area contributed by atoms with Gasteiger partial charge in [0, 0.05) is 44.0 Å². The second-order valence-electron chi connectivity index (χ2n) is 8.96. The average Bonchev–Trinajstić information content (AvgIpc) is 3.22. The molecule has 160 valence electrons. The molecule has 1 aromatic rings. The van der Waals surface area contributed by atoms with E-state index in [-0.39, 0.29) is 12.0 Å². The van der Waals surface area contributed by atoms with Crippen molar-refractivity contribution in [1.82, 2.24) is 25.6 Å². The second kappa shape index (κ2) is 8.98. The molecule has 4 rings (SSSR count). The molecule has 0 bridgehead atoms. The SMILES string of the molecule is CCN1C(=O)C2CNNC2C2CCC(c3ccc(OCCCN(C)C)nc3)CC21. The van der Waals surface area contributed by atoms with E-state index in [0.717, 1.165) is 45.3 Å². The van der Waals surface area contributed by atoms with Gasteiger partial charge in [-0.15, -0.1) is 0 Å². The van der Waals surface area contributed by atoms with E-state index in [1.807, 2.05) is 12.3 Å². The van der Waals surface area contributed by atoms with Crippen LogP contribution in [0.1, 0.15) is 44.1 Å². The average molecular weight is 402 g/mol. The molecule has 7 nitrogen and oxygen atoms in total. The minimum absolute atomic E-state index is 0.0957. The third-order valence-electron chi connectivity index (χ3n) is 6.93. The van der Waals surface area contributed by atoms with E-state index < -0.39 is 0 Å². The predicted octanol–water partition coefficient (Wildman–Crippen LogP) is 1.62. The molecule has 2 N–H and O–H groups in total. The number of likely N-dealkylation sites (tertiary alicyclic amines) is 1. The van der Waals surface area contributed by atoms with Crippen LogP contribution in [0.15, 0.2) is 18.3 Å². The summed E-state index contributed by atoms with van der Waals surface area (Å²) < 4.78 is 5.77. The summed E-state index contributed by atoms with van der Waals surface area (Å²) in [5.41, 5.74) is 7.89. The van der Waals surface area contributed by atoms with E-state index in [1.54, 1.807) is 0 Å². The molecule has 0 aromatic carbocycles. The molecule has 1 aromatic heterocycles. The Morgan fingerprint density at radius 2 is 2.17 bits per heavy atom. The van der Waals surface area contributed by atoms with Gasteiger partial charge in [-0.2, -0.15) is 0 Å². The number of nitrogens with zero attached hydrogens (tertiary/aromatic N) is 3. The lowest BCUT2D eigenvalue weighted by Gasteiger charge is -2.50. The fourth-order valence-electron chi connectivity index (χ4n) is 5.45. The fourth-order valence-corrected chi connectivity index (χ4v) is 5.45. The molecule has 3 heterocycles. The van der Waals surface area contributed by atoms with Crippen molar-refractivity contribution in [3.63, 3.8) is 0 Å². The molecular formula is C22H35N5O2. The number of amides is 1. The van der Waals surface area contributed by atoms with Crippen LogP contribution >= 0.6 is 0 Å². The maximum atomic E-state index is 13.0. The van der Waals surface area contributed by atoms with Gasteiger partial charge in [-0.25, -0.2) is 4.98 Å². The second-order valence-corrected chi connectivity index (χ2v) is 8.96. The van der Waals surface area contributed by atoms with Crippen LogP contribution in [0.3, 0.4) is 0 Å². The van der Waals surface area contributed by atoms with Gasteiger partial charge in [-0.05, 0) is 64.1 Å². The summed E-state index contributed by atoms with van der Waals surface area (Å²) in [6.07, 6.45) is 6.31. The Balaban J connectivity index is 1.39. The summed E-state index contributed by atoms with van der Waals surface area (Å²) in [7, 11) is 4.14. The van der Waals surface area contributed by atoms with Crippen LogP contribution in [0.2, 0.25) is 0 Å². The van der Waals surface area contributed by atoms with Gasteiger partial charge in [-0.1, -0.05) is 6.07 Å². The third-order valence-corrected chi connectivity index (χ3v) is 6.93. The standard InChI is InChI=1S/C22H35N5O2/c1-4-27-19-12-15(6-8-17(19)21-18(22(27)28)14-24-25-21)16-7-9-20(23-13-16)29-11-5-10-26(2)3/h7,9,13,15,17-19,21,24-25H,4-6,8,10-12,14H2,1-3H3. The van der Waals surface area contributed by atoms with Crippen molar-refractivity contribution in [2.75, 3.05) is 40.3 Å². The highest BCUT2D eigenvalue weighted by Crippen LogP contribution is 2.44. The summed E-state index contributed by atoms with van der Waals surface area (Å²) in [6.45, 7) is 5.37. The highest BCUT2D eigenvalue weighted by atomic mass is 16.5. The number of pyridine rings is 1. The van der Waals surface area contributed by atoms with Gasteiger partial charge in [0.05, 0.1) is 12.5 Å². The molecular weight excluding hydrogens is 366 g/mol. The molecule has 2 aliphatic heterocycles. The van der Waals surface area contributed by atoms with Crippen LogP contribution in [0.5, 0.6) is 5.88 Å². The van der Waals surface area contributed by atoms with E-state index in [1.165, 1.54) is 5.56 Å². The summed E-state index contributed by atoms with van der Waals surface area (Å²) >= 11 is 0. The summed E-state index contributed by atoms with van der Waals surface area (Å²) in [5, 5.41) is 0. The van der Waals surface area contributed by atoms with E-state index >= 15 is 0 Å². The Morgan fingerprint density at radius 1 is 1.31 bits per heavy atom. The van der Waals surface area contributed by atoms with Crippen LogP contribution in [-0.2, 0) is 4.79 Å². The molecule has 1 saturated carbocycles. The Hall–Kier alpha value is -1.70. The molecule has 5 atom stereocenters. The fraction of sp³-hybridized carbons (Fsp3) is 0.727. The van der Waals surface area contributed by atoms with Crippen LogP contribution < -0.4 is 15.6 Å². The molecule has 2 saturated heterocycles. The normalized spacial score (nSPS) is 31.7. The number of rotatable bonds is 7. The number of hydrogen-bond donors (Lipinski definition) is 2. The summed E-state index contributed by atoms with van der Waals surface area (Å²) in [4.78, 5) is 21.8. The Kier molecular flexibility index (Phi) is 6.37. The first-order chi connectivity index (χ1) is 14.1. The minimum atomic E-state index is 0.0957. The van der Waals surface area contributed by atoms with Crippen LogP contribution in [0.25, 0.3) is 0 Å². The van der Waals surface area contributed by atoms with E-state index in [0.29, 0.717) is 36.3 Å². The largest absolute Gasteiger partial charge is 0.478 e. The number of fused-ring (bicyclic) bond motifs is 3. The number of hydrazine groups is 1. The Labute approximate surface area is 174 Å². The number of nitrogens with one attached hydrogen (secondary N) is 2. The first kappa shape index (κ1) is 20.6. The van der Waals surface area contributed by atoms with Crippen molar-refractivity contribution >= 4 is 5.91 Å². The van der Waals surface area contributed by atoms with Crippen molar-refractivity contribution in [3.05, 3.63) is 23.9 Å². The van der Waals surface area contributed by atoms with Crippen molar-refractivity contribution in [3.8, 4) is 5.88 Å². The number of piperidine rings is 1. The molecule has 1 amide bonds. The van der Waals surface area contributed by atoms with Crippen molar-refractivity contribution in [1.29, 1.82) is 0 Å². The predicted molar refractivity (Wildman–Crippen MR) is 113 cm³/mol. The van der Waals surface area contributed by atoms with Crippen molar-refractivity contribution in [2.45, 2.75) is 50.6 Å². The van der Waals surface area contributed by atoms with Gasteiger partial charge in [0.15, 0.2) is 0 Å². The molecule has 7 heteroatoms. The first-order valence-corrected chi connectivity index (χ1v) is 11.1. The van der Waals surface area contributed by atoms with Crippen molar-refractivity contribution < 1.29 is 9.53 Å². The van der Waals surface area contributed by atoms with Gasteiger partial charge < -0.3 is 14.5 Å². The topological polar surface area (TPSA) is 69.7 Å². The lowest BCUT2D eigenvalue weighted by Crippen LogP contribution is -2.61. The number of ether oxygens (including phenoxy) is 1. The third kappa shape index (κ3) is 4.27. The molecule has 1 aliphatic carbocycles. The quantitative estimate of drug-likeness (QED) is 0.677. The molecule has 3 fully saturated rings. The van der Waals surface area contributed by atoms with Crippen molar-refractivity contribution in [2.24, 2.45) is 11.8 Å². The number of aromatic nitrogens is 1. The van der Waals surface area contributed by atoms with Gasteiger partial charge in [0.2, 0.25) is 11.8 Å². The number of carbonyl (C=O) groups excluding carboxylic acids is 1. The molecule has 5 unspecified atom stereocenters. The zero-order chi connectivity index (χ0) is 20.4. The molecule has 29 heavy (non-hydrogen) atoms. The van der Waals surface area contributed by atoms with Gasteiger partial charge in [0.1, 0.15) is 0 Å². The van der Waals surface area contributed by atoms with E-state index in [9.17, 15) is 4.79 Å². The molecule has 0 radical (unpaired) electrons. The number of hydrogen-bond acceptors (Lipinski definition) is 6. The monoisotopic (exact) mass is 401 g/mol. The highest BCUT2D eigenvalue weighted by molar-refractivity contribution is 5.81. The van der Waals surface area contributed by atoms with Gasteiger partial charge in [0.25, 0.3) is 0 Å². The van der Waals surface area contributed by atoms with E-state index in [4.69, 9.17) is 4.74 Å². The maximum absolute atomic E-state index is 13.0. The zero-order valence-corrected chi connectivity index (χ0v) is 17.9. The lowest BCUT2D eigenvalue weighted by molar-refractivity contribution is -0.146. The summed E-state index contributed by atoms with van der Waals surface area (Å²) in [5.74, 6) is 2.11. The molecule has 3 aliphatic rings. The van der Waals surface area contributed by atoms with E-state index in [2.05, 4.69) is 52.7 Å². The summed E-state index contributed by atoms with van der Waals surface area (Å²) in [6, 6.07) is 4.77. The van der Waals surface area contributed by atoms with Gasteiger partial charge >= 0.3 is 0 Å². The zero-order valence-electron chi connectivity index (χ0n) is 17.9. The van der Waals surface area contributed by atoms with Crippen LogP contribution in [0, 0.1) is 11.8 Å². The lowest BCUT2D eigenvalue weighted by atomic mass is 9.67.